The number of aryl methyl sites for hydroxylation is 1. The summed E-state index contributed by atoms with van der Waals surface area (Å²) in [7, 11) is 1.51. The van der Waals surface area contributed by atoms with Crippen molar-refractivity contribution in [2.24, 2.45) is 0 Å². The van der Waals surface area contributed by atoms with Crippen molar-refractivity contribution < 1.29 is 18.8 Å². The van der Waals surface area contributed by atoms with E-state index < -0.39 is 11.8 Å². The number of hydrogen-bond acceptors (Lipinski definition) is 6. The highest BCUT2D eigenvalue weighted by Crippen LogP contribution is 2.29. The van der Waals surface area contributed by atoms with E-state index in [9.17, 15) is 9.59 Å². The highest BCUT2D eigenvalue weighted by molar-refractivity contribution is 6.39. The maximum absolute atomic E-state index is 12.9. The van der Waals surface area contributed by atoms with E-state index in [1.807, 2.05) is 0 Å². The predicted molar refractivity (Wildman–Crippen MR) is 112 cm³/mol. The van der Waals surface area contributed by atoms with Gasteiger partial charge in [0, 0.05) is 14.0 Å². The molecule has 0 spiro atoms. The summed E-state index contributed by atoms with van der Waals surface area (Å²) in [6.07, 6.45) is 0. The molecule has 30 heavy (non-hydrogen) atoms. The maximum atomic E-state index is 12.9. The molecule has 3 aromatic rings. The number of para-hydroxylation sites is 2. The summed E-state index contributed by atoms with van der Waals surface area (Å²) in [5.41, 5.74) is 0.592. The first kappa shape index (κ1) is 21.6. The van der Waals surface area contributed by atoms with E-state index in [0.29, 0.717) is 38.8 Å². The number of nitrogens with zero attached hydrogens (tertiary/aromatic N) is 3. The van der Waals surface area contributed by atoms with E-state index >= 15 is 0 Å². The molecule has 0 aliphatic carbocycles. The van der Waals surface area contributed by atoms with Crippen molar-refractivity contribution in [2.75, 3.05) is 18.9 Å². The summed E-state index contributed by atoms with van der Waals surface area (Å²) in [5, 5.41) is 6.99. The maximum Gasteiger partial charge on any atom is 0.257 e. The molecule has 0 unspecified atom stereocenters. The Balaban J connectivity index is 1.66. The Hall–Kier alpha value is -3.10. The molecule has 0 saturated heterocycles. The van der Waals surface area contributed by atoms with Crippen molar-refractivity contribution in [3.63, 3.8) is 0 Å². The van der Waals surface area contributed by atoms with Gasteiger partial charge in [-0.25, -0.2) is 0 Å². The summed E-state index contributed by atoms with van der Waals surface area (Å²) >= 11 is 12.1. The highest BCUT2D eigenvalue weighted by Gasteiger charge is 2.20. The van der Waals surface area contributed by atoms with Gasteiger partial charge in [-0.15, -0.1) is 0 Å². The minimum absolute atomic E-state index is 0.0385. The van der Waals surface area contributed by atoms with Gasteiger partial charge in [-0.1, -0.05) is 46.6 Å². The van der Waals surface area contributed by atoms with Crippen LogP contribution in [0.4, 0.5) is 5.69 Å². The second kappa shape index (κ2) is 9.60. The molecule has 0 bridgehead atoms. The quantitative estimate of drug-likeness (QED) is 0.586. The first-order valence-electron chi connectivity index (χ1n) is 8.85. The fraction of sp³-hybridized carbons (Fsp3) is 0.200. The van der Waals surface area contributed by atoms with Crippen molar-refractivity contribution in [3.8, 4) is 5.75 Å². The summed E-state index contributed by atoms with van der Waals surface area (Å²) in [5.74, 6) is 0.282. The van der Waals surface area contributed by atoms with Crippen LogP contribution in [-0.2, 0) is 11.4 Å². The lowest BCUT2D eigenvalue weighted by Gasteiger charge is -2.19. The molecule has 8 nitrogen and oxygen atoms in total. The van der Waals surface area contributed by atoms with Crippen LogP contribution in [0.3, 0.4) is 0 Å². The number of anilines is 1. The van der Waals surface area contributed by atoms with E-state index in [1.165, 1.54) is 11.9 Å². The Kier molecular flexibility index (Phi) is 6.91. The summed E-state index contributed by atoms with van der Waals surface area (Å²) in [4.78, 5) is 30.6. The Bertz CT molecular complexity index is 1050. The molecule has 0 radical (unpaired) electrons. The lowest BCUT2D eigenvalue weighted by Crippen LogP contribution is -2.35. The van der Waals surface area contributed by atoms with Gasteiger partial charge in [0.15, 0.2) is 6.61 Å². The van der Waals surface area contributed by atoms with Gasteiger partial charge >= 0.3 is 0 Å². The normalized spacial score (nSPS) is 10.5. The SMILES string of the molecule is Cc1nc(COc2ccccc2C(=O)N(C)CC(=O)Nc2c(Cl)cccc2Cl)no1. The van der Waals surface area contributed by atoms with Gasteiger partial charge < -0.3 is 19.5 Å². The molecule has 2 aromatic carbocycles. The van der Waals surface area contributed by atoms with E-state index in [0.717, 1.165) is 0 Å². The van der Waals surface area contributed by atoms with Crippen molar-refractivity contribution in [1.82, 2.24) is 15.0 Å². The molecule has 1 heterocycles. The Morgan fingerprint density at radius 3 is 2.50 bits per heavy atom. The van der Waals surface area contributed by atoms with Crippen LogP contribution in [0.5, 0.6) is 5.75 Å². The fourth-order valence-corrected chi connectivity index (χ4v) is 3.09. The molecule has 0 aliphatic heterocycles. The molecule has 1 N–H and O–H groups in total. The van der Waals surface area contributed by atoms with Crippen molar-refractivity contribution in [1.29, 1.82) is 0 Å². The molecular formula is C20H18Cl2N4O4. The lowest BCUT2D eigenvalue weighted by molar-refractivity contribution is -0.116. The number of ether oxygens (including phenoxy) is 1. The minimum Gasteiger partial charge on any atom is -0.485 e. The second-order valence-electron chi connectivity index (χ2n) is 6.32. The number of likely N-dealkylation sites (N-methyl/N-ethyl adjacent to an activating group) is 1. The summed E-state index contributed by atoms with van der Waals surface area (Å²) in [6, 6.07) is 11.6. The third-order valence-electron chi connectivity index (χ3n) is 4.00. The van der Waals surface area contributed by atoms with Gasteiger partial charge in [-0.2, -0.15) is 4.98 Å². The zero-order valence-electron chi connectivity index (χ0n) is 16.2. The zero-order valence-corrected chi connectivity index (χ0v) is 17.7. The fourth-order valence-electron chi connectivity index (χ4n) is 2.60. The average Bonchev–Trinajstić information content (AvgIpc) is 3.14. The largest absolute Gasteiger partial charge is 0.485 e. The third kappa shape index (κ3) is 5.28. The summed E-state index contributed by atoms with van der Waals surface area (Å²) in [6.45, 7) is 1.50. The van der Waals surface area contributed by atoms with Crippen LogP contribution in [0.25, 0.3) is 0 Å². The second-order valence-corrected chi connectivity index (χ2v) is 7.13. The topological polar surface area (TPSA) is 97.6 Å². The number of halogens is 2. The molecule has 2 amide bonds. The number of carbonyl (C=O) groups excluding carboxylic acids is 2. The number of benzene rings is 2. The zero-order chi connectivity index (χ0) is 21.7. The van der Waals surface area contributed by atoms with Crippen LogP contribution < -0.4 is 10.1 Å². The highest BCUT2D eigenvalue weighted by atomic mass is 35.5. The van der Waals surface area contributed by atoms with Crippen molar-refractivity contribution in [2.45, 2.75) is 13.5 Å². The Morgan fingerprint density at radius 1 is 1.13 bits per heavy atom. The molecule has 0 atom stereocenters. The standard InChI is InChI=1S/C20H18Cl2N4O4/c1-12-23-17(25-30-12)11-29-16-9-4-3-6-13(16)20(28)26(2)10-18(27)24-19-14(21)7-5-8-15(19)22/h3-9H,10-11H2,1-2H3,(H,24,27). The molecule has 0 saturated carbocycles. The van der Waals surface area contributed by atoms with Gasteiger partial charge in [-0.05, 0) is 24.3 Å². The molecule has 0 aliphatic rings. The number of rotatable bonds is 7. The number of carbonyl (C=O) groups is 2. The summed E-state index contributed by atoms with van der Waals surface area (Å²) < 4.78 is 10.6. The van der Waals surface area contributed by atoms with Gasteiger partial charge in [0.25, 0.3) is 5.91 Å². The smallest absolute Gasteiger partial charge is 0.257 e. The van der Waals surface area contributed by atoms with E-state index in [4.69, 9.17) is 32.5 Å². The predicted octanol–water partition coefficient (Wildman–Crippen LogP) is 3.97. The van der Waals surface area contributed by atoms with E-state index in [-0.39, 0.29) is 13.2 Å². The third-order valence-corrected chi connectivity index (χ3v) is 4.63. The Labute approximate surface area is 182 Å². The first-order valence-corrected chi connectivity index (χ1v) is 9.61. The van der Waals surface area contributed by atoms with Gasteiger partial charge in [-0.3, -0.25) is 9.59 Å². The van der Waals surface area contributed by atoms with Crippen molar-refractivity contribution in [3.05, 3.63) is 69.8 Å². The number of aromatic nitrogens is 2. The minimum atomic E-state index is -0.443. The monoisotopic (exact) mass is 448 g/mol. The molecule has 3 rings (SSSR count). The number of amides is 2. The molecule has 0 fully saturated rings. The molecule has 156 valence electrons. The van der Waals surface area contributed by atoms with Crippen LogP contribution in [0.15, 0.2) is 47.0 Å². The Morgan fingerprint density at radius 2 is 1.83 bits per heavy atom. The van der Waals surface area contributed by atoms with Crippen LogP contribution in [0.1, 0.15) is 22.1 Å². The molecule has 10 heteroatoms. The van der Waals surface area contributed by atoms with Crippen molar-refractivity contribution >= 4 is 40.7 Å². The molecule has 1 aromatic heterocycles. The lowest BCUT2D eigenvalue weighted by atomic mass is 10.1. The first-order chi connectivity index (χ1) is 14.3. The van der Waals surface area contributed by atoms with Gasteiger partial charge in [0.1, 0.15) is 5.75 Å². The van der Waals surface area contributed by atoms with Crippen LogP contribution >= 0.6 is 23.2 Å². The average molecular weight is 449 g/mol. The van der Waals surface area contributed by atoms with Crippen LogP contribution in [-0.4, -0.2) is 40.4 Å². The van der Waals surface area contributed by atoms with Gasteiger partial charge in [0.05, 0.1) is 27.8 Å². The van der Waals surface area contributed by atoms with E-state index in [1.54, 1.807) is 49.4 Å². The van der Waals surface area contributed by atoms with Crippen LogP contribution in [0.2, 0.25) is 10.0 Å². The number of hydrogen-bond donors (Lipinski definition) is 1. The van der Waals surface area contributed by atoms with Crippen LogP contribution in [0, 0.1) is 6.92 Å². The van der Waals surface area contributed by atoms with E-state index in [2.05, 4.69) is 15.5 Å². The van der Waals surface area contributed by atoms with Gasteiger partial charge in [0.2, 0.25) is 17.6 Å². The molecular weight excluding hydrogens is 431 g/mol. The number of nitrogens with one attached hydrogen (secondary N) is 1.